The van der Waals surface area contributed by atoms with Crippen LogP contribution >= 0.6 is 27.3 Å². The van der Waals surface area contributed by atoms with Crippen LogP contribution in [0.25, 0.3) is 0 Å². The van der Waals surface area contributed by atoms with Gasteiger partial charge in [0.25, 0.3) is 10.0 Å². The Morgan fingerprint density at radius 2 is 2.05 bits per heavy atom. The van der Waals surface area contributed by atoms with Gasteiger partial charge >= 0.3 is 0 Å². The van der Waals surface area contributed by atoms with Crippen molar-refractivity contribution in [2.24, 2.45) is 11.3 Å². The highest BCUT2D eigenvalue weighted by atomic mass is 79.9. The quantitative estimate of drug-likeness (QED) is 0.795. The molecule has 0 saturated heterocycles. The zero-order chi connectivity index (χ0) is 14.8. The molecular formula is C14H22BrNO2S2. The van der Waals surface area contributed by atoms with E-state index in [0.29, 0.717) is 21.1 Å². The number of hydrogen-bond donors (Lipinski definition) is 1. The first-order chi connectivity index (χ1) is 9.35. The van der Waals surface area contributed by atoms with Crippen LogP contribution in [0.15, 0.2) is 20.1 Å². The van der Waals surface area contributed by atoms with Gasteiger partial charge in [-0.05, 0) is 58.0 Å². The lowest BCUT2D eigenvalue weighted by Gasteiger charge is -2.31. The van der Waals surface area contributed by atoms with Crippen molar-refractivity contribution in [1.82, 2.24) is 4.72 Å². The van der Waals surface area contributed by atoms with Crippen LogP contribution in [0.2, 0.25) is 0 Å². The third-order valence-corrected chi connectivity index (χ3v) is 8.04. The summed E-state index contributed by atoms with van der Waals surface area (Å²) in [6.45, 7) is 4.99. The molecule has 0 aromatic carbocycles. The molecule has 114 valence electrons. The van der Waals surface area contributed by atoms with Crippen molar-refractivity contribution < 1.29 is 8.42 Å². The number of thiophene rings is 1. The average Bonchev–Trinajstić information content (AvgIpc) is 2.96. The monoisotopic (exact) mass is 379 g/mol. The van der Waals surface area contributed by atoms with E-state index in [0.717, 1.165) is 19.3 Å². The second-order valence-corrected chi connectivity index (χ2v) is 9.92. The minimum atomic E-state index is -3.39. The van der Waals surface area contributed by atoms with Gasteiger partial charge in [-0.2, -0.15) is 0 Å². The van der Waals surface area contributed by atoms with Crippen molar-refractivity contribution >= 4 is 37.3 Å². The lowest BCUT2D eigenvalue weighted by atomic mass is 9.79. The van der Waals surface area contributed by atoms with E-state index in [9.17, 15) is 8.42 Å². The van der Waals surface area contributed by atoms with Crippen molar-refractivity contribution in [2.75, 3.05) is 6.54 Å². The predicted molar refractivity (Wildman–Crippen MR) is 87.6 cm³/mol. The lowest BCUT2D eigenvalue weighted by molar-refractivity contribution is 0.236. The highest BCUT2D eigenvalue weighted by molar-refractivity contribution is 9.10. The van der Waals surface area contributed by atoms with Crippen LogP contribution in [0.5, 0.6) is 0 Å². The summed E-state index contributed by atoms with van der Waals surface area (Å²) in [7, 11) is -3.39. The Balaban J connectivity index is 2.08. The molecule has 1 aromatic rings. The molecule has 0 unspecified atom stereocenters. The lowest BCUT2D eigenvalue weighted by Crippen LogP contribution is -2.36. The topological polar surface area (TPSA) is 46.2 Å². The van der Waals surface area contributed by atoms with Gasteiger partial charge in [0.2, 0.25) is 0 Å². The van der Waals surface area contributed by atoms with E-state index < -0.39 is 10.0 Å². The first-order valence-electron chi connectivity index (χ1n) is 7.07. The SMILES string of the molecule is CC(C)CC1(CNS(=O)(=O)c2sccc2Br)CCCC1. The highest BCUT2D eigenvalue weighted by Crippen LogP contribution is 2.43. The maximum absolute atomic E-state index is 12.4. The summed E-state index contributed by atoms with van der Waals surface area (Å²) in [4.78, 5) is 0. The summed E-state index contributed by atoms with van der Waals surface area (Å²) in [6, 6.07) is 1.78. The van der Waals surface area contributed by atoms with E-state index in [-0.39, 0.29) is 5.41 Å². The van der Waals surface area contributed by atoms with Gasteiger partial charge in [0.1, 0.15) is 4.21 Å². The number of rotatable bonds is 6. The standard InChI is InChI=1S/C14H22BrNO2S2/c1-11(2)9-14(6-3-4-7-14)10-16-20(17,18)13-12(15)5-8-19-13/h5,8,11,16H,3-4,6-7,9-10H2,1-2H3. The Hall–Kier alpha value is 0.0900. The molecule has 0 amide bonds. The van der Waals surface area contributed by atoms with Gasteiger partial charge in [0.15, 0.2) is 0 Å². The zero-order valence-corrected chi connectivity index (χ0v) is 15.2. The Kier molecular flexibility index (Phi) is 5.32. The second kappa shape index (κ2) is 6.46. The fourth-order valence-electron chi connectivity index (χ4n) is 3.23. The first kappa shape index (κ1) is 16.5. The minimum Gasteiger partial charge on any atom is -0.210 e. The van der Waals surface area contributed by atoms with Crippen LogP contribution < -0.4 is 4.72 Å². The molecule has 1 aromatic heterocycles. The normalized spacial score (nSPS) is 18.8. The summed E-state index contributed by atoms with van der Waals surface area (Å²) < 4.78 is 28.6. The van der Waals surface area contributed by atoms with Gasteiger partial charge in [-0.1, -0.05) is 26.7 Å². The predicted octanol–water partition coefficient (Wildman–Crippen LogP) is 4.40. The van der Waals surface area contributed by atoms with Crippen molar-refractivity contribution in [3.05, 3.63) is 15.9 Å². The third-order valence-electron chi connectivity index (χ3n) is 3.97. The van der Waals surface area contributed by atoms with Crippen molar-refractivity contribution in [3.63, 3.8) is 0 Å². The maximum Gasteiger partial charge on any atom is 0.251 e. The zero-order valence-electron chi connectivity index (χ0n) is 12.0. The molecule has 0 atom stereocenters. The fraction of sp³-hybridized carbons (Fsp3) is 0.714. The van der Waals surface area contributed by atoms with E-state index >= 15 is 0 Å². The number of hydrogen-bond acceptors (Lipinski definition) is 3. The fourth-order valence-corrected chi connectivity index (χ4v) is 6.77. The summed E-state index contributed by atoms with van der Waals surface area (Å²) >= 11 is 4.56. The van der Waals surface area contributed by atoms with Gasteiger partial charge in [-0.3, -0.25) is 0 Å². The summed E-state index contributed by atoms with van der Waals surface area (Å²) in [5, 5.41) is 1.79. The molecule has 0 aliphatic heterocycles. The molecule has 0 bridgehead atoms. The van der Waals surface area contributed by atoms with E-state index in [2.05, 4.69) is 34.5 Å². The summed E-state index contributed by atoms with van der Waals surface area (Å²) in [5.41, 5.74) is 0.158. The Labute approximate surface area is 134 Å². The molecule has 1 aliphatic carbocycles. The second-order valence-electron chi connectivity index (χ2n) is 6.19. The van der Waals surface area contributed by atoms with Crippen LogP contribution in [-0.2, 0) is 10.0 Å². The average molecular weight is 380 g/mol. The van der Waals surface area contributed by atoms with Gasteiger partial charge in [-0.15, -0.1) is 11.3 Å². The van der Waals surface area contributed by atoms with Crippen LogP contribution in [0.4, 0.5) is 0 Å². The van der Waals surface area contributed by atoms with E-state index in [4.69, 9.17) is 0 Å². The van der Waals surface area contributed by atoms with E-state index in [1.165, 1.54) is 24.2 Å². The van der Waals surface area contributed by atoms with Crippen LogP contribution in [0.3, 0.4) is 0 Å². The molecule has 1 saturated carbocycles. The number of nitrogens with one attached hydrogen (secondary N) is 1. The van der Waals surface area contributed by atoms with Crippen LogP contribution in [0, 0.1) is 11.3 Å². The number of sulfonamides is 1. The van der Waals surface area contributed by atoms with Gasteiger partial charge < -0.3 is 0 Å². The Morgan fingerprint density at radius 3 is 2.55 bits per heavy atom. The van der Waals surface area contributed by atoms with Crippen LogP contribution in [0.1, 0.15) is 46.0 Å². The molecule has 1 heterocycles. The van der Waals surface area contributed by atoms with Gasteiger partial charge in [-0.25, -0.2) is 13.1 Å². The van der Waals surface area contributed by atoms with E-state index in [1.807, 2.05) is 0 Å². The molecule has 1 aliphatic rings. The van der Waals surface area contributed by atoms with Crippen LogP contribution in [-0.4, -0.2) is 15.0 Å². The molecule has 3 nitrogen and oxygen atoms in total. The first-order valence-corrected chi connectivity index (χ1v) is 10.2. The Morgan fingerprint density at radius 1 is 1.40 bits per heavy atom. The van der Waals surface area contributed by atoms with Crippen molar-refractivity contribution in [1.29, 1.82) is 0 Å². The van der Waals surface area contributed by atoms with E-state index in [1.54, 1.807) is 11.4 Å². The molecular weight excluding hydrogens is 358 g/mol. The van der Waals surface area contributed by atoms with Crippen molar-refractivity contribution in [3.8, 4) is 0 Å². The molecule has 0 radical (unpaired) electrons. The van der Waals surface area contributed by atoms with Gasteiger partial charge in [0.05, 0.1) is 0 Å². The maximum atomic E-state index is 12.4. The largest absolute Gasteiger partial charge is 0.251 e. The van der Waals surface area contributed by atoms with Crippen molar-refractivity contribution in [2.45, 2.75) is 50.2 Å². The summed E-state index contributed by atoms with van der Waals surface area (Å²) in [5.74, 6) is 0.603. The molecule has 2 rings (SSSR count). The molecule has 0 spiro atoms. The molecule has 6 heteroatoms. The molecule has 1 fully saturated rings. The highest BCUT2D eigenvalue weighted by Gasteiger charge is 2.35. The third kappa shape index (κ3) is 3.84. The Bertz CT molecular complexity index is 545. The molecule has 20 heavy (non-hydrogen) atoms. The molecule has 1 N–H and O–H groups in total. The summed E-state index contributed by atoms with van der Waals surface area (Å²) in [6.07, 6.45) is 5.81. The smallest absolute Gasteiger partial charge is 0.210 e. The number of halogens is 1. The minimum absolute atomic E-state index is 0.158. The van der Waals surface area contributed by atoms with Gasteiger partial charge in [0, 0.05) is 11.0 Å².